The third-order valence-electron chi connectivity index (χ3n) is 6.24. The molecule has 0 radical (unpaired) electrons. The van der Waals surface area contributed by atoms with Crippen molar-refractivity contribution < 1.29 is 4.74 Å². The second-order valence-corrected chi connectivity index (χ2v) is 10.3. The lowest BCUT2D eigenvalue weighted by molar-refractivity contribution is 0.414. The summed E-state index contributed by atoms with van der Waals surface area (Å²) in [6.45, 7) is 2.38. The van der Waals surface area contributed by atoms with Gasteiger partial charge in [0.05, 0.1) is 7.11 Å². The van der Waals surface area contributed by atoms with Crippen molar-refractivity contribution in [3.63, 3.8) is 0 Å². The van der Waals surface area contributed by atoms with E-state index in [1.807, 2.05) is 23.5 Å². The van der Waals surface area contributed by atoms with Gasteiger partial charge in [-0.15, -0.1) is 11.8 Å². The molecule has 1 atom stereocenters. The van der Waals surface area contributed by atoms with Gasteiger partial charge in [-0.05, 0) is 69.3 Å². The minimum atomic E-state index is 0.452. The molecule has 0 saturated heterocycles. The molecule has 2 aliphatic heterocycles. The molecule has 4 aromatic carbocycles. The minimum absolute atomic E-state index is 0.452. The fourth-order valence-corrected chi connectivity index (χ4v) is 7.00. The molecule has 0 N–H and O–H groups in total. The van der Waals surface area contributed by atoms with Crippen LogP contribution < -0.4 is 4.74 Å². The summed E-state index contributed by atoms with van der Waals surface area (Å²) >= 11 is 3.85. The topological polar surface area (TPSA) is 9.23 Å². The van der Waals surface area contributed by atoms with Crippen LogP contribution in [0.25, 0.3) is 21.9 Å². The summed E-state index contributed by atoms with van der Waals surface area (Å²) in [6, 6.07) is 28.7. The third kappa shape index (κ3) is 3.02. The molecule has 0 fully saturated rings. The first-order chi connectivity index (χ1) is 15.2. The van der Waals surface area contributed by atoms with Crippen LogP contribution in [0.5, 0.6) is 5.75 Å². The van der Waals surface area contributed by atoms with Crippen LogP contribution in [0.2, 0.25) is 0 Å². The Bertz CT molecular complexity index is 1370. The van der Waals surface area contributed by atoms with Crippen LogP contribution in [-0.2, 0) is 0 Å². The van der Waals surface area contributed by atoms with Crippen molar-refractivity contribution in [2.45, 2.75) is 21.6 Å². The van der Waals surface area contributed by atoms with Crippen LogP contribution in [0.4, 0.5) is 0 Å². The van der Waals surface area contributed by atoms with Gasteiger partial charge >= 0.3 is 0 Å². The van der Waals surface area contributed by atoms with Crippen molar-refractivity contribution in [1.29, 1.82) is 0 Å². The molecular formula is C28H22OS2. The van der Waals surface area contributed by atoms with Crippen LogP contribution in [0, 0.1) is 5.92 Å². The summed E-state index contributed by atoms with van der Waals surface area (Å²) in [7, 11) is 1.75. The molecule has 152 valence electrons. The van der Waals surface area contributed by atoms with E-state index in [1.165, 1.54) is 53.3 Å². The van der Waals surface area contributed by atoms with Crippen molar-refractivity contribution in [2.75, 3.05) is 12.9 Å². The number of ether oxygens (including phenoxy) is 1. The van der Waals surface area contributed by atoms with Crippen molar-refractivity contribution >= 4 is 45.4 Å². The molecule has 0 bridgehead atoms. The van der Waals surface area contributed by atoms with E-state index in [4.69, 9.17) is 4.74 Å². The maximum absolute atomic E-state index is 5.63. The van der Waals surface area contributed by atoms with E-state index in [0.717, 1.165) is 11.5 Å². The third-order valence-corrected chi connectivity index (χ3v) is 8.71. The Morgan fingerprint density at radius 2 is 1.58 bits per heavy atom. The van der Waals surface area contributed by atoms with Gasteiger partial charge in [-0.25, -0.2) is 0 Å². The zero-order valence-corrected chi connectivity index (χ0v) is 19.1. The predicted octanol–water partition coefficient (Wildman–Crippen LogP) is 8.01. The molecule has 0 amide bonds. The Balaban J connectivity index is 1.77. The highest BCUT2D eigenvalue weighted by molar-refractivity contribution is 7.99. The quantitative estimate of drug-likeness (QED) is 0.262. The van der Waals surface area contributed by atoms with Crippen LogP contribution in [0.1, 0.15) is 23.6 Å². The molecule has 0 unspecified atom stereocenters. The second kappa shape index (κ2) is 7.51. The monoisotopic (exact) mass is 438 g/mol. The van der Waals surface area contributed by atoms with Gasteiger partial charge in [0.25, 0.3) is 0 Å². The zero-order valence-electron chi connectivity index (χ0n) is 17.5. The normalized spacial score (nSPS) is 19.5. The van der Waals surface area contributed by atoms with E-state index in [-0.39, 0.29) is 0 Å². The van der Waals surface area contributed by atoms with Crippen LogP contribution in [0.15, 0.2) is 93.5 Å². The summed E-state index contributed by atoms with van der Waals surface area (Å²) < 4.78 is 5.63. The van der Waals surface area contributed by atoms with Crippen LogP contribution >= 0.6 is 23.5 Å². The lowest BCUT2D eigenvalue weighted by Gasteiger charge is -2.32. The molecule has 2 aliphatic rings. The van der Waals surface area contributed by atoms with Crippen molar-refractivity contribution in [3.05, 3.63) is 95.6 Å². The van der Waals surface area contributed by atoms with Gasteiger partial charge in [-0.1, -0.05) is 67.2 Å². The Labute approximate surface area is 191 Å². The van der Waals surface area contributed by atoms with E-state index < -0.39 is 0 Å². The van der Waals surface area contributed by atoms with Gasteiger partial charge < -0.3 is 4.74 Å². The van der Waals surface area contributed by atoms with Crippen molar-refractivity contribution in [2.24, 2.45) is 5.92 Å². The summed E-state index contributed by atoms with van der Waals surface area (Å²) in [5.74, 6) is 2.46. The summed E-state index contributed by atoms with van der Waals surface area (Å²) in [5, 5.41) is 2.65. The molecule has 1 nitrogen and oxygen atoms in total. The Morgan fingerprint density at radius 3 is 2.48 bits per heavy atom. The van der Waals surface area contributed by atoms with Gasteiger partial charge in [0, 0.05) is 26.0 Å². The number of rotatable bonds is 1. The number of hydrogen-bond acceptors (Lipinski definition) is 3. The first-order valence-electron chi connectivity index (χ1n) is 10.6. The fraction of sp³-hybridized carbons (Fsp3) is 0.143. The molecule has 0 aromatic heterocycles. The number of hydrogen-bond donors (Lipinski definition) is 0. The molecule has 0 spiro atoms. The maximum atomic E-state index is 5.63. The van der Waals surface area contributed by atoms with Gasteiger partial charge in [0.15, 0.2) is 0 Å². The largest absolute Gasteiger partial charge is 0.497 e. The second-order valence-electron chi connectivity index (χ2n) is 8.12. The first-order valence-corrected chi connectivity index (χ1v) is 12.4. The number of fused-ring (bicyclic) bond motifs is 5. The SMILES string of the molecule is COc1ccc2c(c1)/C(=C1\c3c(ccc4ccccc34)SC[C@@H]1C)c1ccccc1S2. The standard InChI is InChI=1S/C28H22OS2/c1-17-16-30-25-13-11-18-7-3-4-8-20(18)28(25)26(17)27-21-9-5-6-10-23(21)31-24-14-12-19(29-2)15-22(24)27/h3-15,17H,16H2,1-2H3/b27-26-/t17-/m0/s1. The summed E-state index contributed by atoms with van der Waals surface area (Å²) in [5.41, 5.74) is 6.87. The van der Waals surface area contributed by atoms with Crippen LogP contribution in [0.3, 0.4) is 0 Å². The number of thioether (sulfide) groups is 1. The van der Waals surface area contributed by atoms with Crippen LogP contribution in [-0.4, -0.2) is 12.9 Å². The first kappa shape index (κ1) is 19.1. The predicted molar refractivity (Wildman–Crippen MR) is 133 cm³/mol. The highest BCUT2D eigenvalue weighted by atomic mass is 32.2. The van der Waals surface area contributed by atoms with Gasteiger partial charge in [-0.2, -0.15) is 0 Å². The smallest absolute Gasteiger partial charge is 0.119 e. The molecule has 0 saturated carbocycles. The highest BCUT2D eigenvalue weighted by Crippen LogP contribution is 2.54. The van der Waals surface area contributed by atoms with Gasteiger partial charge in [0.2, 0.25) is 0 Å². The number of methoxy groups -OCH3 is 1. The van der Waals surface area contributed by atoms with Crippen molar-refractivity contribution in [1.82, 2.24) is 0 Å². The molecule has 4 aromatic rings. The summed E-state index contributed by atoms with van der Waals surface area (Å²) in [6.07, 6.45) is 0. The van der Waals surface area contributed by atoms with Gasteiger partial charge in [-0.3, -0.25) is 0 Å². The Kier molecular flexibility index (Phi) is 4.62. The Hall–Kier alpha value is -2.62. The van der Waals surface area contributed by atoms with E-state index in [1.54, 1.807) is 7.11 Å². The molecule has 2 heterocycles. The Morgan fingerprint density at radius 1 is 0.806 bits per heavy atom. The maximum Gasteiger partial charge on any atom is 0.119 e. The minimum Gasteiger partial charge on any atom is -0.497 e. The van der Waals surface area contributed by atoms with Gasteiger partial charge in [0.1, 0.15) is 5.75 Å². The average Bonchev–Trinajstić information content (AvgIpc) is 2.82. The lowest BCUT2D eigenvalue weighted by atomic mass is 9.81. The average molecular weight is 439 g/mol. The molecular weight excluding hydrogens is 416 g/mol. The van der Waals surface area contributed by atoms with E-state index in [2.05, 4.69) is 85.8 Å². The lowest BCUT2D eigenvalue weighted by Crippen LogP contribution is -2.14. The molecule has 31 heavy (non-hydrogen) atoms. The number of allylic oxidation sites excluding steroid dienone is 1. The number of benzene rings is 4. The highest BCUT2D eigenvalue weighted by Gasteiger charge is 2.31. The fourth-order valence-electron chi connectivity index (χ4n) is 4.80. The zero-order chi connectivity index (χ0) is 20.9. The molecule has 0 aliphatic carbocycles. The van der Waals surface area contributed by atoms with E-state index in [9.17, 15) is 0 Å². The van der Waals surface area contributed by atoms with Crippen molar-refractivity contribution in [3.8, 4) is 5.75 Å². The molecule has 6 rings (SSSR count). The summed E-state index contributed by atoms with van der Waals surface area (Å²) in [4.78, 5) is 4.02. The van der Waals surface area contributed by atoms with E-state index >= 15 is 0 Å². The van der Waals surface area contributed by atoms with E-state index in [0.29, 0.717) is 5.92 Å². The molecule has 3 heteroatoms.